The van der Waals surface area contributed by atoms with Crippen molar-refractivity contribution in [3.8, 4) is 0 Å². The standard InChI is InChI=1S/C27H31FN8O4/c28-19-7-3-17(4-8-19)25(38)31-21-2-1-11-36(16-21)27-32-24(22(23(29)37)33-34-27)30-20-9-5-18(6-10-20)26(39)35-12-14-40-15-13-35/h3-10,21,23,37H,1-2,11-16,29H2,(H,31,38)(H,30,32,34)/t21-,23?/m1/s1. The molecule has 2 fully saturated rings. The molecule has 3 heterocycles. The Labute approximate surface area is 230 Å². The lowest BCUT2D eigenvalue weighted by molar-refractivity contribution is 0.0303. The maximum Gasteiger partial charge on any atom is 0.254 e. The SMILES string of the molecule is NC(O)c1nnc(N2CCC[C@@H](NC(=O)c3ccc(F)cc3)C2)nc1Nc1ccc(C(=O)N2CCOCC2)cc1. The van der Waals surface area contributed by atoms with E-state index in [0.29, 0.717) is 62.2 Å². The first-order valence-corrected chi connectivity index (χ1v) is 13.1. The molecule has 3 aromatic rings. The summed E-state index contributed by atoms with van der Waals surface area (Å²) in [4.78, 5) is 33.6. The zero-order valence-electron chi connectivity index (χ0n) is 21.8. The van der Waals surface area contributed by atoms with Gasteiger partial charge >= 0.3 is 0 Å². The first-order valence-electron chi connectivity index (χ1n) is 13.1. The number of nitrogens with one attached hydrogen (secondary N) is 2. The Balaban J connectivity index is 1.28. The van der Waals surface area contributed by atoms with Gasteiger partial charge in [-0.15, -0.1) is 10.2 Å². The molecule has 2 aromatic carbocycles. The van der Waals surface area contributed by atoms with Crippen molar-refractivity contribution in [1.29, 1.82) is 0 Å². The van der Waals surface area contributed by atoms with Crippen molar-refractivity contribution in [2.24, 2.45) is 5.73 Å². The maximum atomic E-state index is 13.2. The number of carbonyl (C=O) groups excluding carboxylic acids is 2. The van der Waals surface area contributed by atoms with E-state index in [0.717, 1.165) is 12.8 Å². The van der Waals surface area contributed by atoms with Gasteiger partial charge in [0.1, 0.15) is 11.5 Å². The number of anilines is 3. The third-order valence-electron chi connectivity index (χ3n) is 6.82. The normalized spacial score (nSPS) is 18.2. The average molecular weight is 551 g/mol. The van der Waals surface area contributed by atoms with Crippen LogP contribution in [0.1, 0.15) is 45.5 Å². The van der Waals surface area contributed by atoms with E-state index >= 15 is 0 Å². The number of carbonyl (C=O) groups is 2. The van der Waals surface area contributed by atoms with Gasteiger partial charge in [-0.05, 0) is 61.4 Å². The number of hydrogen-bond donors (Lipinski definition) is 4. The van der Waals surface area contributed by atoms with E-state index in [4.69, 9.17) is 10.5 Å². The highest BCUT2D eigenvalue weighted by Gasteiger charge is 2.26. The smallest absolute Gasteiger partial charge is 0.254 e. The minimum Gasteiger partial charge on any atom is -0.378 e. The fourth-order valence-electron chi connectivity index (χ4n) is 4.68. The number of aliphatic hydroxyl groups excluding tert-OH is 1. The molecule has 12 nitrogen and oxygen atoms in total. The third-order valence-corrected chi connectivity index (χ3v) is 6.82. The number of aromatic nitrogens is 3. The van der Waals surface area contributed by atoms with Gasteiger partial charge in [-0.2, -0.15) is 4.98 Å². The van der Waals surface area contributed by atoms with Crippen LogP contribution >= 0.6 is 0 Å². The van der Waals surface area contributed by atoms with Crippen LogP contribution in [0.5, 0.6) is 0 Å². The molecule has 2 aliphatic heterocycles. The molecule has 0 bridgehead atoms. The van der Waals surface area contributed by atoms with Crippen LogP contribution < -0.4 is 21.3 Å². The van der Waals surface area contributed by atoms with Crippen LogP contribution in [0.2, 0.25) is 0 Å². The number of piperidine rings is 1. The Hall–Kier alpha value is -4.20. The number of morpholine rings is 1. The molecule has 1 aromatic heterocycles. The van der Waals surface area contributed by atoms with Gasteiger partial charge in [0.15, 0.2) is 12.0 Å². The quantitative estimate of drug-likeness (QED) is 0.318. The van der Waals surface area contributed by atoms with Crippen molar-refractivity contribution < 1.29 is 23.8 Å². The van der Waals surface area contributed by atoms with Crippen molar-refractivity contribution in [1.82, 2.24) is 25.4 Å². The molecule has 5 N–H and O–H groups in total. The monoisotopic (exact) mass is 550 g/mol. The predicted octanol–water partition coefficient (Wildman–Crippen LogP) is 1.58. The lowest BCUT2D eigenvalue weighted by Gasteiger charge is -2.33. The highest BCUT2D eigenvalue weighted by atomic mass is 19.1. The van der Waals surface area contributed by atoms with E-state index in [1.807, 2.05) is 4.90 Å². The van der Waals surface area contributed by atoms with E-state index in [-0.39, 0.29) is 29.4 Å². The molecular weight excluding hydrogens is 519 g/mol. The highest BCUT2D eigenvalue weighted by Crippen LogP contribution is 2.24. The lowest BCUT2D eigenvalue weighted by atomic mass is 10.1. The Bertz CT molecular complexity index is 1330. The number of amides is 2. The number of aliphatic hydroxyl groups is 1. The van der Waals surface area contributed by atoms with Gasteiger partial charge in [-0.25, -0.2) is 4.39 Å². The summed E-state index contributed by atoms with van der Waals surface area (Å²) >= 11 is 0. The van der Waals surface area contributed by atoms with Crippen molar-refractivity contribution in [3.05, 3.63) is 71.2 Å². The number of benzene rings is 2. The molecule has 210 valence electrons. The topological polar surface area (TPSA) is 159 Å². The zero-order chi connectivity index (χ0) is 28.1. The van der Waals surface area contributed by atoms with E-state index < -0.39 is 12.0 Å². The average Bonchev–Trinajstić information content (AvgIpc) is 2.98. The molecule has 1 unspecified atom stereocenters. The van der Waals surface area contributed by atoms with Crippen molar-refractivity contribution in [2.75, 3.05) is 49.6 Å². The second-order valence-corrected chi connectivity index (χ2v) is 9.66. The molecule has 5 rings (SSSR count). The molecule has 0 aliphatic carbocycles. The van der Waals surface area contributed by atoms with Crippen molar-refractivity contribution in [3.63, 3.8) is 0 Å². The third kappa shape index (κ3) is 6.50. The summed E-state index contributed by atoms with van der Waals surface area (Å²) in [6, 6.07) is 12.1. The molecule has 0 radical (unpaired) electrons. The van der Waals surface area contributed by atoms with Gasteiger partial charge in [-0.3, -0.25) is 9.59 Å². The molecule has 2 saturated heterocycles. The fourth-order valence-corrected chi connectivity index (χ4v) is 4.68. The second-order valence-electron chi connectivity index (χ2n) is 9.66. The van der Waals surface area contributed by atoms with Crippen LogP contribution in [0.4, 0.5) is 21.8 Å². The summed E-state index contributed by atoms with van der Waals surface area (Å²) in [6.45, 7) is 3.25. The van der Waals surface area contributed by atoms with E-state index in [1.54, 1.807) is 29.2 Å². The number of hydrogen-bond acceptors (Lipinski definition) is 10. The Morgan fingerprint density at radius 3 is 2.42 bits per heavy atom. The number of ether oxygens (including phenoxy) is 1. The first kappa shape index (κ1) is 27.4. The minimum atomic E-state index is -1.41. The Kier molecular flexibility index (Phi) is 8.43. The van der Waals surface area contributed by atoms with Gasteiger partial charge in [0.2, 0.25) is 5.95 Å². The van der Waals surface area contributed by atoms with Crippen LogP contribution in [-0.2, 0) is 4.74 Å². The molecule has 40 heavy (non-hydrogen) atoms. The maximum absolute atomic E-state index is 13.2. The summed E-state index contributed by atoms with van der Waals surface area (Å²) in [5, 5.41) is 24.4. The molecule has 2 atom stereocenters. The summed E-state index contributed by atoms with van der Waals surface area (Å²) in [5.41, 5.74) is 7.33. The van der Waals surface area contributed by atoms with Crippen molar-refractivity contribution in [2.45, 2.75) is 25.1 Å². The van der Waals surface area contributed by atoms with Gasteiger partial charge in [0.25, 0.3) is 11.8 Å². The molecule has 2 aliphatic rings. The number of nitrogens with zero attached hydrogens (tertiary/aromatic N) is 5. The lowest BCUT2D eigenvalue weighted by Crippen LogP contribution is -2.48. The van der Waals surface area contributed by atoms with Crippen LogP contribution in [0.15, 0.2) is 48.5 Å². The number of halogens is 1. The van der Waals surface area contributed by atoms with Gasteiger partial charge < -0.3 is 36.0 Å². The van der Waals surface area contributed by atoms with Crippen LogP contribution in [-0.4, -0.2) is 82.4 Å². The van der Waals surface area contributed by atoms with Crippen LogP contribution in [0, 0.1) is 5.82 Å². The van der Waals surface area contributed by atoms with Gasteiger partial charge in [0.05, 0.1) is 13.2 Å². The fraction of sp³-hybridized carbons (Fsp3) is 0.370. The van der Waals surface area contributed by atoms with Crippen molar-refractivity contribution >= 4 is 29.3 Å². The van der Waals surface area contributed by atoms with E-state index in [1.165, 1.54) is 24.3 Å². The summed E-state index contributed by atoms with van der Waals surface area (Å²) in [7, 11) is 0. The summed E-state index contributed by atoms with van der Waals surface area (Å²) < 4.78 is 18.5. The second kappa shape index (κ2) is 12.3. The minimum absolute atomic E-state index is 0.0647. The Morgan fingerprint density at radius 2 is 1.73 bits per heavy atom. The number of nitrogens with two attached hydrogens (primary N) is 1. The van der Waals surface area contributed by atoms with E-state index in [2.05, 4.69) is 25.8 Å². The molecular formula is C27H31FN8O4. The summed E-state index contributed by atoms with van der Waals surface area (Å²) in [6.07, 6.45) is 0.125. The largest absolute Gasteiger partial charge is 0.378 e. The van der Waals surface area contributed by atoms with Crippen LogP contribution in [0.25, 0.3) is 0 Å². The van der Waals surface area contributed by atoms with Crippen LogP contribution in [0.3, 0.4) is 0 Å². The molecule has 0 spiro atoms. The zero-order valence-corrected chi connectivity index (χ0v) is 21.8. The molecule has 13 heteroatoms. The van der Waals surface area contributed by atoms with Gasteiger partial charge in [0, 0.05) is 49.0 Å². The first-order chi connectivity index (χ1) is 19.4. The van der Waals surface area contributed by atoms with Gasteiger partial charge in [-0.1, -0.05) is 0 Å². The molecule has 2 amide bonds. The summed E-state index contributed by atoms with van der Waals surface area (Å²) in [5.74, 6) is -0.218. The predicted molar refractivity (Wildman–Crippen MR) is 145 cm³/mol. The molecule has 0 saturated carbocycles. The number of rotatable bonds is 7. The highest BCUT2D eigenvalue weighted by molar-refractivity contribution is 5.95. The van der Waals surface area contributed by atoms with E-state index in [9.17, 15) is 19.1 Å². The Morgan fingerprint density at radius 1 is 1.02 bits per heavy atom.